The maximum absolute atomic E-state index is 12.9. The van der Waals surface area contributed by atoms with Gasteiger partial charge in [0, 0.05) is 12.7 Å². The van der Waals surface area contributed by atoms with Gasteiger partial charge in [0.05, 0.1) is 35.7 Å². The highest BCUT2D eigenvalue weighted by molar-refractivity contribution is 5.73. The Labute approximate surface area is 178 Å². The normalized spacial score (nSPS) is 13.0. The summed E-state index contributed by atoms with van der Waals surface area (Å²) in [5.74, 6) is 0.606. The highest BCUT2D eigenvalue weighted by Gasteiger charge is 2.19. The van der Waals surface area contributed by atoms with Crippen molar-refractivity contribution in [3.8, 4) is 17.4 Å². The average Bonchev–Trinajstić information content (AvgIpc) is 3.28. The van der Waals surface area contributed by atoms with E-state index in [4.69, 9.17) is 4.74 Å². The van der Waals surface area contributed by atoms with Crippen LogP contribution in [-0.2, 0) is 19.5 Å². The van der Waals surface area contributed by atoms with Gasteiger partial charge in [-0.2, -0.15) is 4.98 Å². The molecule has 0 bridgehead atoms. The predicted octanol–water partition coefficient (Wildman–Crippen LogP) is 3.15. The van der Waals surface area contributed by atoms with E-state index >= 15 is 0 Å². The molecule has 0 atom stereocenters. The summed E-state index contributed by atoms with van der Waals surface area (Å²) in [6, 6.07) is 11.5. The maximum Gasteiger partial charge on any atom is 0.334 e. The van der Waals surface area contributed by atoms with Crippen molar-refractivity contribution in [2.45, 2.75) is 32.9 Å². The van der Waals surface area contributed by atoms with E-state index in [0.717, 1.165) is 29.7 Å². The van der Waals surface area contributed by atoms with Crippen molar-refractivity contribution in [2.75, 3.05) is 6.61 Å². The minimum absolute atomic E-state index is 0.00332. The van der Waals surface area contributed by atoms with E-state index in [2.05, 4.69) is 16.0 Å². The summed E-state index contributed by atoms with van der Waals surface area (Å²) in [6.07, 6.45) is 7.63. The van der Waals surface area contributed by atoms with Crippen LogP contribution in [0.15, 0.2) is 53.5 Å². The quantitative estimate of drug-likeness (QED) is 0.521. The lowest BCUT2D eigenvalue weighted by Crippen LogP contribution is -2.22. The van der Waals surface area contributed by atoms with E-state index in [0.29, 0.717) is 36.2 Å². The van der Waals surface area contributed by atoms with E-state index in [1.54, 1.807) is 15.3 Å². The van der Waals surface area contributed by atoms with Crippen LogP contribution < -0.4 is 10.4 Å². The van der Waals surface area contributed by atoms with E-state index in [9.17, 15) is 9.90 Å². The van der Waals surface area contributed by atoms with Gasteiger partial charge < -0.3 is 9.84 Å². The van der Waals surface area contributed by atoms with Gasteiger partial charge >= 0.3 is 11.7 Å². The molecule has 3 aromatic heterocycles. The van der Waals surface area contributed by atoms with Crippen LogP contribution in [0.3, 0.4) is 0 Å². The molecule has 1 aliphatic carbocycles. The van der Waals surface area contributed by atoms with E-state index in [1.807, 2.05) is 54.0 Å². The van der Waals surface area contributed by atoms with Gasteiger partial charge in [0.15, 0.2) is 5.65 Å². The van der Waals surface area contributed by atoms with Crippen LogP contribution in [0, 0.1) is 0 Å². The fourth-order valence-corrected chi connectivity index (χ4v) is 4.06. The fourth-order valence-electron chi connectivity index (χ4n) is 4.06. The van der Waals surface area contributed by atoms with Crippen molar-refractivity contribution in [1.82, 2.24) is 23.7 Å². The highest BCUT2D eigenvalue weighted by Crippen LogP contribution is 2.28. The molecular weight excluding hydrogens is 394 g/mol. The molecule has 1 aliphatic rings. The van der Waals surface area contributed by atoms with Crippen LogP contribution in [0.1, 0.15) is 24.7 Å². The van der Waals surface area contributed by atoms with Crippen LogP contribution in [0.4, 0.5) is 0 Å². The Morgan fingerprint density at radius 2 is 2.00 bits per heavy atom. The maximum atomic E-state index is 12.9. The number of aromatic nitrogens is 5. The monoisotopic (exact) mass is 417 g/mol. The fraction of sp³-hybridized carbons (Fsp3) is 0.261. The number of hydrogen-bond acceptors (Lipinski definition) is 5. The first-order chi connectivity index (χ1) is 15.2. The van der Waals surface area contributed by atoms with Crippen LogP contribution in [0.5, 0.6) is 11.8 Å². The molecular formula is C23H23N5O3. The summed E-state index contributed by atoms with van der Waals surface area (Å²) in [5.41, 5.74) is 3.99. The molecule has 0 radical (unpaired) electrons. The molecule has 0 saturated carbocycles. The lowest BCUT2D eigenvalue weighted by molar-refractivity contribution is 0.267. The number of hydrogen-bond donors (Lipinski definition) is 1. The van der Waals surface area contributed by atoms with Gasteiger partial charge in [-0.05, 0) is 62.2 Å². The van der Waals surface area contributed by atoms with Crippen molar-refractivity contribution >= 4 is 17.2 Å². The number of nitrogens with zero attached hydrogens (tertiary/aromatic N) is 5. The van der Waals surface area contributed by atoms with Gasteiger partial charge in [0.2, 0.25) is 0 Å². The molecule has 4 aromatic rings. The molecule has 3 heterocycles. The average molecular weight is 417 g/mol. The van der Waals surface area contributed by atoms with Crippen LogP contribution in [0.25, 0.3) is 22.9 Å². The second-order valence-electron chi connectivity index (χ2n) is 7.35. The molecule has 8 heteroatoms. The van der Waals surface area contributed by atoms with Gasteiger partial charge in [0.1, 0.15) is 5.75 Å². The molecule has 0 saturated heterocycles. The third-order valence-electron chi connectivity index (χ3n) is 5.51. The van der Waals surface area contributed by atoms with Crippen LogP contribution >= 0.6 is 0 Å². The SMILES string of the molecule is CCn1c(=O)n(-c2ccc(Oc3nc4c(n3CCO)C=CCC4)cc2)c2ncccc21. The third-order valence-corrected chi connectivity index (χ3v) is 5.51. The van der Waals surface area contributed by atoms with Gasteiger partial charge in [-0.25, -0.2) is 14.3 Å². The molecule has 8 nitrogen and oxygen atoms in total. The Balaban J connectivity index is 1.50. The zero-order valence-electron chi connectivity index (χ0n) is 17.2. The molecule has 158 valence electrons. The number of allylic oxidation sites excluding steroid dienone is 1. The van der Waals surface area contributed by atoms with Gasteiger partial charge in [-0.1, -0.05) is 6.08 Å². The summed E-state index contributed by atoms with van der Waals surface area (Å²) in [7, 11) is 0. The minimum Gasteiger partial charge on any atom is -0.425 e. The Kier molecular flexibility index (Phi) is 4.91. The molecule has 5 rings (SSSR count). The van der Waals surface area contributed by atoms with Crippen LogP contribution in [-0.4, -0.2) is 35.4 Å². The van der Waals surface area contributed by atoms with Gasteiger partial charge in [-0.15, -0.1) is 0 Å². The molecule has 0 unspecified atom stereocenters. The van der Waals surface area contributed by atoms with Gasteiger partial charge in [-0.3, -0.25) is 9.13 Å². The number of ether oxygens (including phenoxy) is 1. The first kappa shape index (κ1) is 19.3. The zero-order chi connectivity index (χ0) is 21.4. The number of aryl methyl sites for hydroxylation is 2. The largest absolute Gasteiger partial charge is 0.425 e. The second kappa shape index (κ2) is 7.88. The first-order valence-corrected chi connectivity index (χ1v) is 10.4. The third kappa shape index (κ3) is 3.25. The number of rotatable bonds is 6. The summed E-state index contributed by atoms with van der Waals surface area (Å²) in [6.45, 7) is 2.93. The number of fused-ring (bicyclic) bond motifs is 2. The zero-order valence-corrected chi connectivity index (χ0v) is 17.2. The van der Waals surface area contributed by atoms with Crippen molar-refractivity contribution in [1.29, 1.82) is 0 Å². The number of benzene rings is 1. The lowest BCUT2D eigenvalue weighted by Gasteiger charge is -2.11. The topological polar surface area (TPSA) is 87.1 Å². The Hall–Kier alpha value is -3.65. The van der Waals surface area contributed by atoms with Gasteiger partial charge in [0.25, 0.3) is 0 Å². The molecule has 31 heavy (non-hydrogen) atoms. The van der Waals surface area contributed by atoms with Crippen molar-refractivity contribution in [3.05, 3.63) is 70.5 Å². The molecule has 0 spiro atoms. The van der Waals surface area contributed by atoms with Crippen LogP contribution in [0.2, 0.25) is 0 Å². The standard InChI is InChI=1S/C23H23N5O3/c1-2-26-20-8-5-13-24-21(20)28(23(26)30)16-9-11-17(12-10-16)31-22-25-18-6-3-4-7-19(18)27(22)14-15-29/h4-5,7-13,29H,2-3,6,14-15H2,1H3. The second-order valence-corrected chi connectivity index (χ2v) is 7.35. The van der Waals surface area contributed by atoms with E-state index in [1.165, 1.54) is 0 Å². The molecule has 0 amide bonds. The summed E-state index contributed by atoms with van der Waals surface area (Å²) < 4.78 is 11.3. The predicted molar refractivity (Wildman–Crippen MR) is 118 cm³/mol. The Morgan fingerprint density at radius 3 is 2.77 bits per heavy atom. The van der Waals surface area contributed by atoms with Crippen molar-refractivity contribution < 1.29 is 9.84 Å². The molecule has 0 aliphatic heterocycles. The summed E-state index contributed by atoms with van der Waals surface area (Å²) in [4.78, 5) is 22.0. The number of pyridine rings is 1. The smallest absolute Gasteiger partial charge is 0.334 e. The summed E-state index contributed by atoms with van der Waals surface area (Å²) >= 11 is 0. The first-order valence-electron chi connectivity index (χ1n) is 10.4. The Bertz CT molecular complexity index is 1330. The van der Waals surface area contributed by atoms with E-state index in [-0.39, 0.29) is 12.3 Å². The Morgan fingerprint density at radius 1 is 1.16 bits per heavy atom. The number of aliphatic hydroxyl groups excluding tert-OH is 1. The molecule has 1 N–H and O–H groups in total. The van der Waals surface area contributed by atoms with Crippen molar-refractivity contribution in [3.63, 3.8) is 0 Å². The highest BCUT2D eigenvalue weighted by atomic mass is 16.5. The number of aliphatic hydroxyl groups is 1. The minimum atomic E-state index is -0.122. The molecule has 1 aromatic carbocycles. The van der Waals surface area contributed by atoms with Crippen molar-refractivity contribution in [2.24, 2.45) is 0 Å². The van der Waals surface area contributed by atoms with E-state index < -0.39 is 0 Å². The lowest BCUT2D eigenvalue weighted by atomic mass is 10.1. The summed E-state index contributed by atoms with van der Waals surface area (Å²) in [5, 5.41) is 9.46. The number of imidazole rings is 2. The molecule has 0 fully saturated rings.